The fraction of sp³-hybridized carbons (Fsp3) is 0.429. The summed E-state index contributed by atoms with van der Waals surface area (Å²) < 4.78 is 10.3. The Labute approximate surface area is 174 Å². The normalized spacial score (nSPS) is 30.9. The molecule has 0 amide bonds. The third-order valence-electron chi connectivity index (χ3n) is 4.89. The van der Waals surface area contributed by atoms with Crippen molar-refractivity contribution in [2.24, 2.45) is 0 Å². The molecule has 7 nitrogen and oxygen atoms in total. The molecule has 0 bridgehead atoms. The molecule has 1 aromatic rings. The molecule has 1 aromatic carbocycles. The molecule has 0 saturated carbocycles. The highest BCUT2D eigenvalue weighted by Crippen LogP contribution is 2.34. The first-order chi connectivity index (χ1) is 13.6. The van der Waals surface area contributed by atoms with E-state index >= 15 is 0 Å². The summed E-state index contributed by atoms with van der Waals surface area (Å²) in [5, 5.41) is 50.2. The zero-order chi connectivity index (χ0) is 21.8. The van der Waals surface area contributed by atoms with Crippen LogP contribution in [0.5, 0.6) is 5.75 Å². The molecule has 1 aliphatic heterocycles. The first-order valence-electron chi connectivity index (χ1n) is 9.05. The predicted octanol–water partition coefficient (Wildman–Crippen LogP) is 1.03. The minimum absolute atomic E-state index is 0.0928. The van der Waals surface area contributed by atoms with Gasteiger partial charge < -0.3 is 35.0 Å². The fourth-order valence-corrected chi connectivity index (χ4v) is 3.12. The van der Waals surface area contributed by atoms with Crippen LogP contribution in [0, 0.1) is 0 Å². The summed E-state index contributed by atoms with van der Waals surface area (Å²) in [5.41, 5.74) is 1.78. The Morgan fingerprint density at radius 3 is 2.38 bits per heavy atom. The summed E-state index contributed by atoms with van der Waals surface area (Å²) in [5.74, 6) is -1.63. The van der Waals surface area contributed by atoms with Gasteiger partial charge in [-0.2, -0.15) is 0 Å². The molecule has 1 aliphatic rings. The molecule has 0 aliphatic carbocycles. The van der Waals surface area contributed by atoms with E-state index in [2.05, 4.69) is 6.58 Å². The SMILES string of the molecule is C=C(/C=C\C(Cl)=C(/C)Cc1ccc(OC)cc1)[C@]1(O)O[C@H](CO)[C@@H](O)[C@H](O)[C@H]1O. The van der Waals surface area contributed by atoms with Gasteiger partial charge in [0, 0.05) is 10.6 Å². The lowest BCUT2D eigenvalue weighted by atomic mass is 9.88. The Morgan fingerprint density at radius 2 is 1.83 bits per heavy atom. The number of aliphatic hydroxyl groups excluding tert-OH is 4. The van der Waals surface area contributed by atoms with Crippen LogP contribution >= 0.6 is 11.6 Å². The number of benzene rings is 1. The predicted molar refractivity (Wildman–Crippen MR) is 108 cm³/mol. The van der Waals surface area contributed by atoms with Crippen molar-refractivity contribution in [2.75, 3.05) is 13.7 Å². The third kappa shape index (κ3) is 5.26. The van der Waals surface area contributed by atoms with Crippen LogP contribution in [0.2, 0.25) is 0 Å². The molecule has 5 N–H and O–H groups in total. The van der Waals surface area contributed by atoms with E-state index < -0.39 is 36.8 Å². The van der Waals surface area contributed by atoms with Gasteiger partial charge in [-0.3, -0.25) is 0 Å². The van der Waals surface area contributed by atoms with E-state index in [0.29, 0.717) is 11.5 Å². The van der Waals surface area contributed by atoms with E-state index in [1.807, 2.05) is 31.2 Å². The molecule has 0 aromatic heterocycles. The largest absolute Gasteiger partial charge is 0.497 e. The molecule has 5 atom stereocenters. The average Bonchev–Trinajstić information content (AvgIpc) is 2.73. The van der Waals surface area contributed by atoms with E-state index in [1.54, 1.807) is 7.11 Å². The van der Waals surface area contributed by atoms with Gasteiger partial charge in [0.2, 0.25) is 5.79 Å². The minimum Gasteiger partial charge on any atom is -0.497 e. The van der Waals surface area contributed by atoms with E-state index in [0.717, 1.165) is 16.9 Å². The second-order valence-electron chi connectivity index (χ2n) is 6.97. The Morgan fingerprint density at radius 1 is 1.21 bits per heavy atom. The van der Waals surface area contributed by atoms with E-state index in [4.69, 9.17) is 21.1 Å². The molecule has 0 spiro atoms. The summed E-state index contributed by atoms with van der Waals surface area (Å²) in [7, 11) is 1.60. The van der Waals surface area contributed by atoms with Gasteiger partial charge in [0.25, 0.3) is 0 Å². The molecule has 0 unspecified atom stereocenters. The van der Waals surface area contributed by atoms with Crippen molar-refractivity contribution >= 4 is 11.6 Å². The third-order valence-corrected chi connectivity index (χ3v) is 5.34. The van der Waals surface area contributed by atoms with Gasteiger partial charge in [-0.25, -0.2) is 0 Å². The van der Waals surface area contributed by atoms with Gasteiger partial charge in [-0.05, 0) is 37.1 Å². The van der Waals surface area contributed by atoms with Gasteiger partial charge in [0.1, 0.15) is 30.2 Å². The lowest BCUT2D eigenvalue weighted by Gasteiger charge is -2.45. The molecule has 2 rings (SSSR count). The monoisotopic (exact) mass is 426 g/mol. The Hall–Kier alpha value is -1.71. The van der Waals surface area contributed by atoms with Crippen LogP contribution in [0.3, 0.4) is 0 Å². The van der Waals surface area contributed by atoms with Gasteiger partial charge in [-0.15, -0.1) is 0 Å². The molecular formula is C21H27ClO7. The van der Waals surface area contributed by atoms with Gasteiger partial charge in [0.15, 0.2) is 0 Å². The van der Waals surface area contributed by atoms with Gasteiger partial charge in [0.05, 0.1) is 13.7 Å². The highest BCUT2D eigenvalue weighted by atomic mass is 35.5. The van der Waals surface area contributed by atoms with Crippen molar-refractivity contribution in [3.63, 3.8) is 0 Å². The maximum absolute atomic E-state index is 10.7. The highest BCUT2D eigenvalue weighted by Gasteiger charge is 2.53. The smallest absolute Gasteiger partial charge is 0.221 e. The zero-order valence-electron chi connectivity index (χ0n) is 16.3. The van der Waals surface area contributed by atoms with Crippen molar-refractivity contribution in [1.29, 1.82) is 0 Å². The first-order valence-corrected chi connectivity index (χ1v) is 9.42. The van der Waals surface area contributed by atoms with E-state index in [9.17, 15) is 25.5 Å². The Bertz CT molecular complexity index is 772. The number of hydrogen-bond acceptors (Lipinski definition) is 7. The van der Waals surface area contributed by atoms with Crippen molar-refractivity contribution in [3.8, 4) is 5.75 Å². The van der Waals surface area contributed by atoms with Gasteiger partial charge >= 0.3 is 0 Å². The molecule has 29 heavy (non-hydrogen) atoms. The number of hydrogen-bond donors (Lipinski definition) is 5. The summed E-state index contributed by atoms with van der Waals surface area (Å²) in [6.45, 7) is 4.86. The van der Waals surface area contributed by atoms with E-state index in [-0.39, 0.29) is 5.57 Å². The molecule has 1 saturated heterocycles. The number of ether oxygens (including phenoxy) is 2. The van der Waals surface area contributed by atoms with Crippen LogP contribution in [0.1, 0.15) is 12.5 Å². The topological polar surface area (TPSA) is 120 Å². The maximum Gasteiger partial charge on any atom is 0.221 e. The van der Waals surface area contributed by atoms with Crippen LogP contribution in [-0.2, 0) is 11.2 Å². The van der Waals surface area contributed by atoms with Crippen molar-refractivity contribution in [1.82, 2.24) is 0 Å². The average molecular weight is 427 g/mol. The van der Waals surface area contributed by atoms with Crippen LogP contribution in [0.4, 0.5) is 0 Å². The number of halogens is 1. The quantitative estimate of drug-likeness (QED) is 0.413. The molecule has 8 heteroatoms. The molecular weight excluding hydrogens is 400 g/mol. The van der Waals surface area contributed by atoms with Crippen LogP contribution < -0.4 is 4.74 Å². The standard InChI is InChI=1S/C21H27ClO7/c1-12(10-14-5-7-15(28-3)8-6-14)16(22)9-4-13(2)21(27)20(26)19(25)18(24)17(11-23)29-21/h4-9,17-20,23-27H,2,10-11H2,1,3H3/b9-4-,16-12-/t17-,18-,19+,20-,21+/m1/s1. The second-order valence-corrected chi connectivity index (χ2v) is 7.38. The highest BCUT2D eigenvalue weighted by molar-refractivity contribution is 6.31. The first kappa shape index (κ1) is 23.6. The Kier molecular flexibility index (Phi) is 8.02. The number of methoxy groups -OCH3 is 1. The number of allylic oxidation sites excluding steroid dienone is 3. The van der Waals surface area contributed by atoms with Crippen molar-refractivity contribution < 1.29 is 35.0 Å². The number of rotatable bonds is 7. The summed E-state index contributed by atoms with van der Waals surface area (Å²) in [6.07, 6.45) is -3.00. The molecule has 160 valence electrons. The number of aliphatic hydroxyl groups is 5. The summed E-state index contributed by atoms with van der Waals surface area (Å²) >= 11 is 6.33. The van der Waals surface area contributed by atoms with Gasteiger partial charge in [-0.1, -0.05) is 42.0 Å². The molecule has 1 heterocycles. The maximum atomic E-state index is 10.7. The second kappa shape index (κ2) is 9.86. The fourth-order valence-electron chi connectivity index (χ4n) is 2.99. The zero-order valence-corrected chi connectivity index (χ0v) is 17.1. The van der Waals surface area contributed by atoms with Crippen LogP contribution in [-0.4, -0.2) is 69.5 Å². The van der Waals surface area contributed by atoms with Crippen molar-refractivity contribution in [2.45, 2.75) is 43.5 Å². The van der Waals surface area contributed by atoms with Crippen LogP contribution in [0.15, 0.2) is 59.2 Å². The lowest BCUT2D eigenvalue weighted by molar-refractivity contribution is -0.330. The van der Waals surface area contributed by atoms with Crippen molar-refractivity contribution in [3.05, 3.63) is 64.7 Å². The van der Waals surface area contributed by atoms with E-state index in [1.165, 1.54) is 12.2 Å². The summed E-state index contributed by atoms with van der Waals surface area (Å²) in [6, 6.07) is 7.54. The van der Waals surface area contributed by atoms with Crippen LogP contribution in [0.25, 0.3) is 0 Å². The summed E-state index contributed by atoms with van der Waals surface area (Å²) in [4.78, 5) is 0. The molecule has 1 fully saturated rings. The minimum atomic E-state index is -2.39. The Balaban J connectivity index is 2.13. The molecule has 0 radical (unpaired) electrons. The lowest BCUT2D eigenvalue weighted by Crippen LogP contribution is -2.65.